The van der Waals surface area contributed by atoms with Gasteiger partial charge in [-0.2, -0.15) is 0 Å². The molecule has 0 amide bonds. The highest BCUT2D eigenvalue weighted by atomic mass is 35.5. The Bertz CT molecular complexity index is 1600. The van der Waals surface area contributed by atoms with Crippen LogP contribution in [0.2, 0.25) is 10.0 Å². The van der Waals surface area contributed by atoms with Gasteiger partial charge in [-0.3, -0.25) is 0 Å². The molecule has 8 heteroatoms. The Morgan fingerprint density at radius 3 is 2.48 bits per heavy atom. The van der Waals surface area contributed by atoms with Gasteiger partial charge in [-0.1, -0.05) is 52.6 Å². The number of ether oxygens (including phenoxy) is 1. The summed E-state index contributed by atoms with van der Waals surface area (Å²) in [4.78, 5) is 11.4. The van der Waals surface area contributed by atoms with Crippen molar-refractivity contribution in [3.05, 3.63) is 104 Å². The lowest BCUT2D eigenvalue weighted by molar-refractivity contribution is -0.0550. The van der Waals surface area contributed by atoms with Crippen LogP contribution in [-0.2, 0) is 12.2 Å². The highest BCUT2D eigenvalue weighted by Gasteiger charge is 2.46. The van der Waals surface area contributed by atoms with Crippen LogP contribution < -0.4 is 4.74 Å². The fourth-order valence-electron chi connectivity index (χ4n) is 5.78. The van der Waals surface area contributed by atoms with Gasteiger partial charge in [0.2, 0.25) is 0 Å². The summed E-state index contributed by atoms with van der Waals surface area (Å²) < 4.78 is 12.0. The van der Waals surface area contributed by atoms with Gasteiger partial charge in [0.25, 0.3) is 0 Å². The van der Waals surface area contributed by atoms with E-state index in [9.17, 15) is 15.0 Å². The third kappa shape index (κ3) is 4.89. The van der Waals surface area contributed by atoms with E-state index in [4.69, 9.17) is 32.5 Å². The summed E-state index contributed by atoms with van der Waals surface area (Å²) in [7, 11) is 0. The van der Waals surface area contributed by atoms with Crippen molar-refractivity contribution in [1.29, 1.82) is 0 Å². The molecule has 206 valence electrons. The molecule has 0 radical (unpaired) electrons. The molecule has 2 fully saturated rings. The average Bonchev–Trinajstić information content (AvgIpc) is 3.66. The SMILES string of the molecule is Cc1cccc(Cl)c1-c1noc(C2CC2)c1COc1ccc([C@]2(O)C[C@@H](c3cc(C(=O)O)ccc3C)C2)c(Cl)c1. The first kappa shape index (κ1) is 26.9. The van der Waals surface area contributed by atoms with Crippen LogP contribution in [0.15, 0.2) is 59.1 Å². The van der Waals surface area contributed by atoms with Gasteiger partial charge in [0.05, 0.1) is 26.8 Å². The summed E-state index contributed by atoms with van der Waals surface area (Å²) in [6.45, 7) is 4.20. The molecule has 6 nitrogen and oxygen atoms in total. The zero-order valence-corrected chi connectivity index (χ0v) is 23.7. The molecule has 4 aromatic rings. The van der Waals surface area contributed by atoms with Crippen LogP contribution in [0, 0.1) is 13.8 Å². The Morgan fingerprint density at radius 1 is 1.02 bits per heavy atom. The first-order valence-corrected chi connectivity index (χ1v) is 14.1. The molecule has 0 bridgehead atoms. The van der Waals surface area contributed by atoms with E-state index in [2.05, 4.69) is 5.16 Å². The van der Waals surface area contributed by atoms with E-state index in [1.165, 1.54) is 0 Å². The van der Waals surface area contributed by atoms with Crippen molar-refractivity contribution in [3.63, 3.8) is 0 Å². The maximum absolute atomic E-state index is 11.4. The monoisotopic (exact) mass is 577 g/mol. The minimum atomic E-state index is -1.09. The molecule has 2 aliphatic rings. The third-order valence-electron chi connectivity index (χ3n) is 8.18. The molecule has 0 atom stereocenters. The van der Waals surface area contributed by atoms with Crippen LogP contribution in [0.25, 0.3) is 11.3 Å². The van der Waals surface area contributed by atoms with Gasteiger partial charge in [0.1, 0.15) is 23.8 Å². The topological polar surface area (TPSA) is 92.8 Å². The van der Waals surface area contributed by atoms with Crippen molar-refractivity contribution in [2.75, 3.05) is 0 Å². The number of carbonyl (C=O) groups is 1. The number of benzene rings is 3. The van der Waals surface area contributed by atoms with E-state index in [0.717, 1.165) is 46.4 Å². The van der Waals surface area contributed by atoms with Crippen LogP contribution in [0.3, 0.4) is 0 Å². The number of nitrogens with zero attached hydrogens (tertiary/aromatic N) is 1. The molecule has 0 spiro atoms. The van der Waals surface area contributed by atoms with Gasteiger partial charge in [-0.15, -0.1) is 0 Å². The summed E-state index contributed by atoms with van der Waals surface area (Å²) in [6, 6.07) is 16.2. The zero-order valence-electron chi connectivity index (χ0n) is 22.2. The normalized spacial score (nSPS) is 20.3. The van der Waals surface area contributed by atoms with Crippen molar-refractivity contribution >= 4 is 29.2 Å². The molecule has 0 unspecified atom stereocenters. The molecular weight excluding hydrogens is 549 g/mol. The Hall–Kier alpha value is -3.32. The fraction of sp³-hybridized carbons (Fsp3) is 0.312. The van der Waals surface area contributed by atoms with E-state index in [-0.39, 0.29) is 18.1 Å². The lowest BCUT2D eigenvalue weighted by Gasteiger charge is -2.45. The number of carboxylic acid groups (broad SMARTS) is 1. The maximum atomic E-state index is 11.4. The van der Waals surface area contributed by atoms with Crippen molar-refractivity contribution in [2.45, 2.75) is 63.6 Å². The number of aliphatic hydroxyl groups is 1. The molecule has 0 aliphatic heterocycles. The van der Waals surface area contributed by atoms with Crippen LogP contribution in [0.1, 0.15) is 81.5 Å². The zero-order chi connectivity index (χ0) is 28.2. The number of halogens is 2. The first-order chi connectivity index (χ1) is 19.1. The molecule has 1 aromatic heterocycles. The molecule has 2 aliphatic carbocycles. The number of carboxylic acids is 1. The Kier molecular flexibility index (Phi) is 6.89. The van der Waals surface area contributed by atoms with Crippen LogP contribution in [0.4, 0.5) is 0 Å². The Balaban J connectivity index is 1.20. The fourth-order valence-corrected chi connectivity index (χ4v) is 6.44. The molecule has 3 aromatic carbocycles. The molecule has 2 saturated carbocycles. The summed E-state index contributed by atoms with van der Waals surface area (Å²) in [5.74, 6) is 0.850. The smallest absolute Gasteiger partial charge is 0.335 e. The standard InChI is InChI=1S/C32H29Cl2NO5/c1-17-6-7-20(31(36)37)12-23(17)21-14-32(38,15-21)25-11-10-22(13-27(25)34)39-16-24-29(35-40-30(24)19-8-9-19)28-18(2)4-3-5-26(28)33/h3-7,10-13,19,21,38H,8-9,14-16H2,1-2H3,(H,36,37)/t21-,32+. The van der Waals surface area contributed by atoms with Crippen molar-refractivity contribution in [3.8, 4) is 17.0 Å². The Morgan fingerprint density at radius 2 is 1.80 bits per heavy atom. The van der Waals surface area contributed by atoms with Gasteiger partial charge in [-0.25, -0.2) is 4.79 Å². The van der Waals surface area contributed by atoms with Gasteiger partial charge in [-0.05, 0) is 92.5 Å². The number of hydrogen-bond donors (Lipinski definition) is 2. The highest BCUT2D eigenvalue weighted by molar-refractivity contribution is 6.33. The minimum Gasteiger partial charge on any atom is -0.489 e. The predicted octanol–water partition coefficient (Wildman–Crippen LogP) is 8.19. The molecule has 1 heterocycles. The van der Waals surface area contributed by atoms with E-state index in [0.29, 0.717) is 45.8 Å². The van der Waals surface area contributed by atoms with Gasteiger partial charge < -0.3 is 19.5 Å². The number of aromatic carboxylic acids is 1. The summed E-state index contributed by atoms with van der Waals surface area (Å²) in [6.07, 6.45) is 3.04. The predicted molar refractivity (Wildman–Crippen MR) is 153 cm³/mol. The first-order valence-electron chi connectivity index (χ1n) is 13.4. The van der Waals surface area contributed by atoms with Crippen molar-refractivity contribution < 1.29 is 24.3 Å². The molecule has 40 heavy (non-hydrogen) atoms. The summed E-state index contributed by atoms with van der Waals surface area (Å²) in [5.41, 5.74) is 5.20. The van der Waals surface area contributed by atoms with Crippen molar-refractivity contribution in [2.24, 2.45) is 0 Å². The summed E-state index contributed by atoms with van der Waals surface area (Å²) in [5, 5.41) is 26.2. The second kappa shape index (κ2) is 10.3. The van der Waals surface area contributed by atoms with Gasteiger partial charge >= 0.3 is 5.97 Å². The van der Waals surface area contributed by atoms with E-state index in [1.807, 2.05) is 50.2 Å². The summed E-state index contributed by atoms with van der Waals surface area (Å²) >= 11 is 13.2. The highest BCUT2D eigenvalue weighted by Crippen LogP contribution is 2.53. The lowest BCUT2D eigenvalue weighted by Crippen LogP contribution is -2.40. The van der Waals surface area contributed by atoms with Crippen LogP contribution >= 0.6 is 23.2 Å². The van der Waals surface area contributed by atoms with Crippen LogP contribution in [0.5, 0.6) is 5.75 Å². The third-order valence-corrected chi connectivity index (χ3v) is 8.81. The number of aromatic nitrogens is 1. The largest absolute Gasteiger partial charge is 0.489 e. The second-order valence-corrected chi connectivity index (χ2v) is 11.8. The Labute approximate surface area is 242 Å². The number of hydrogen-bond acceptors (Lipinski definition) is 5. The molecule has 6 rings (SSSR count). The second-order valence-electron chi connectivity index (χ2n) is 11.0. The van der Waals surface area contributed by atoms with E-state index >= 15 is 0 Å². The van der Waals surface area contributed by atoms with E-state index < -0.39 is 11.6 Å². The maximum Gasteiger partial charge on any atom is 0.335 e. The number of rotatable bonds is 8. The van der Waals surface area contributed by atoms with Gasteiger partial charge in [0.15, 0.2) is 0 Å². The molecule has 0 saturated heterocycles. The van der Waals surface area contributed by atoms with E-state index in [1.54, 1.807) is 18.2 Å². The average molecular weight is 578 g/mol. The molecule has 2 N–H and O–H groups in total. The lowest BCUT2D eigenvalue weighted by atomic mass is 9.64. The van der Waals surface area contributed by atoms with Crippen molar-refractivity contribution in [1.82, 2.24) is 5.16 Å². The quantitative estimate of drug-likeness (QED) is 0.219. The van der Waals surface area contributed by atoms with Crippen LogP contribution in [-0.4, -0.2) is 21.3 Å². The van der Waals surface area contributed by atoms with Gasteiger partial charge in [0, 0.05) is 17.0 Å². The molecular formula is C32H29Cl2NO5. The minimum absolute atomic E-state index is 0.0532. The number of aryl methyl sites for hydroxylation is 2.